The van der Waals surface area contributed by atoms with E-state index in [-0.39, 0.29) is 18.2 Å². The lowest BCUT2D eigenvalue weighted by atomic mass is 9.78. The van der Waals surface area contributed by atoms with Crippen LogP contribution in [0.2, 0.25) is 0 Å². The van der Waals surface area contributed by atoms with Crippen molar-refractivity contribution in [1.29, 1.82) is 0 Å². The van der Waals surface area contributed by atoms with E-state index in [4.69, 9.17) is 5.11 Å². The fraction of sp³-hybridized carbons (Fsp3) is 0.444. The summed E-state index contributed by atoms with van der Waals surface area (Å²) in [6.07, 6.45) is -4.00. The summed E-state index contributed by atoms with van der Waals surface area (Å²) in [6, 6.07) is 10.9. The largest absolute Gasteiger partial charge is 0.573 e. The van der Waals surface area contributed by atoms with E-state index in [9.17, 15) is 32.7 Å². The van der Waals surface area contributed by atoms with Crippen molar-refractivity contribution in [3.8, 4) is 5.75 Å². The van der Waals surface area contributed by atoms with Gasteiger partial charge in [0.25, 0.3) is 5.91 Å². The van der Waals surface area contributed by atoms with Crippen molar-refractivity contribution in [2.75, 3.05) is 11.9 Å². The number of hydrogen-bond acceptors (Lipinski definition) is 5. The van der Waals surface area contributed by atoms with Crippen LogP contribution in [-0.2, 0) is 11.3 Å². The molecule has 0 bridgehead atoms. The molecule has 1 saturated carbocycles. The summed E-state index contributed by atoms with van der Waals surface area (Å²) < 4.78 is 41.2. The molecule has 0 radical (unpaired) electrons. The number of ether oxygens (including phenoxy) is 1. The number of rotatable bonds is 9. The summed E-state index contributed by atoms with van der Waals surface area (Å²) in [6.45, 7) is 4.11. The maximum atomic E-state index is 13.4. The molecule has 4 N–H and O–H groups in total. The molecule has 4 atom stereocenters. The normalized spacial score (nSPS) is 20.0. The molecule has 0 heterocycles. The van der Waals surface area contributed by atoms with E-state index in [1.165, 1.54) is 12.1 Å². The molecule has 212 valence electrons. The van der Waals surface area contributed by atoms with Gasteiger partial charge in [0.05, 0.1) is 6.54 Å². The van der Waals surface area contributed by atoms with Crippen LogP contribution < -0.4 is 15.4 Å². The number of anilines is 1. The van der Waals surface area contributed by atoms with E-state index in [0.29, 0.717) is 17.5 Å². The molecular formula is C27H32F3N3O6. The first-order valence-corrected chi connectivity index (χ1v) is 12.5. The number of hydrogen-bond donors (Lipinski definition) is 4. The van der Waals surface area contributed by atoms with Gasteiger partial charge in [-0.3, -0.25) is 4.79 Å². The number of amides is 3. The van der Waals surface area contributed by atoms with Crippen LogP contribution in [0.5, 0.6) is 5.75 Å². The van der Waals surface area contributed by atoms with Crippen molar-refractivity contribution in [2.24, 2.45) is 11.8 Å². The molecule has 3 rings (SSSR count). The highest BCUT2D eigenvalue weighted by molar-refractivity contribution is 5.94. The Morgan fingerprint density at radius 3 is 2.23 bits per heavy atom. The molecule has 3 amide bonds. The molecule has 1 fully saturated rings. The van der Waals surface area contributed by atoms with Gasteiger partial charge < -0.3 is 30.5 Å². The third-order valence-corrected chi connectivity index (χ3v) is 6.92. The molecule has 0 aromatic heterocycles. The maximum Gasteiger partial charge on any atom is 0.573 e. The van der Waals surface area contributed by atoms with Gasteiger partial charge in [0.2, 0.25) is 0 Å². The molecule has 3 unspecified atom stereocenters. The fourth-order valence-corrected chi connectivity index (χ4v) is 4.44. The molecule has 12 heteroatoms. The monoisotopic (exact) mass is 551 g/mol. The van der Waals surface area contributed by atoms with Crippen molar-refractivity contribution in [3.05, 3.63) is 59.7 Å². The predicted octanol–water partition coefficient (Wildman–Crippen LogP) is 4.62. The SMILES string of the molecule is CC1CCC(N(Cc2ccc(C(=O)NC[C@@H](O)C(=O)O)cc2)C(=O)Nc2ccc(OC(F)(F)F)cc2)CC1C. The van der Waals surface area contributed by atoms with Gasteiger partial charge in [0.1, 0.15) is 5.75 Å². The Kier molecular flexibility index (Phi) is 9.79. The van der Waals surface area contributed by atoms with Crippen molar-refractivity contribution in [3.63, 3.8) is 0 Å². The van der Waals surface area contributed by atoms with E-state index in [2.05, 4.69) is 29.2 Å². The van der Waals surface area contributed by atoms with Crippen LogP contribution in [0.3, 0.4) is 0 Å². The average molecular weight is 552 g/mol. The Bertz CT molecular complexity index is 1140. The van der Waals surface area contributed by atoms with Gasteiger partial charge in [0, 0.05) is 23.8 Å². The predicted molar refractivity (Wildman–Crippen MR) is 136 cm³/mol. The van der Waals surface area contributed by atoms with E-state index < -0.39 is 42.7 Å². The number of benzene rings is 2. The number of nitrogens with zero attached hydrogens (tertiary/aromatic N) is 1. The highest BCUT2D eigenvalue weighted by Gasteiger charge is 2.32. The number of aliphatic hydroxyl groups is 1. The molecule has 9 nitrogen and oxygen atoms in total. The number of carbonyl (C=O) groups excluding carboxylic acids is 2. The fourth-order valence-electron chi connectivity index (χ4n) is 4.44. The summed E-state index contributed by atoms with van der Waals surface area (Å²) in [4.78, 5) is 38.0. The zero-order chi connectivity index (χ0) is 28.7. The van der Waals surface area contributed by atoms with Crippen molar-refractivity contribution in [2.45, 2.75) is 58.2 Å². The first-order chi connectivity index (χ1) is 18.3. The highest BCUT2D eigenvalue weighted by atomic mass is 19.4. The Labute approximate surface area is 223 Å². The van der Waals surface area contributed by atoms with Crippen LogP contribution in [0, 0.1) is 11.8 Å². The zero-order valence-corrected chi connectivity index (χ0v) is 21.6. The average Bonchev–Trinajstić information content (AvgIpc) is 2.87. The van der Waals surface area contributed by atoms with E-state index in [0.717, 1.165) is 37.0 Å². The minimum absolute atomic E-state index is 0.0653. The molecule has 0 spiro atoms. The molecule has 2 aromatic carbocycles. The second-order valence-electron chi connectivity index (χ2n) is 9.81. The van der Waals surface area contributed by atoms with Crippen LogP contribution in [0.15, 0.2) is 48.5 Å². The van der Waals surface area contributed by atoms with Gasteiger partial charge in [-0.1, -0.05) is 26.0 Å². The first-order valence-electron chi connectivity index (χ1n) is 12.5. The van der Waals surface area contributed by atoms with Gasteiger partial charge in [-0.2, -0.15) is 0 Å². The zero-order valence-electron chi connectivity index (χ0n) is 21.6. The Morgan fingerprint density at radius 1 is 1.03 bits per heavy atom. The second kappa shape index (κ2) is 12.8. The van der Waals surface area contributed by atoms with E-state index >= 15 is 0 Å². The van der Waals surface area contributed by atoms with Crippen LogP contribution in [-0.4, -0.2) is 58.1 Å². The number of carbonyl (C=O) groups is 3. The van der Waals surface area contributed by atoms with E-state index in [1.807, 2.05) is 0 Å². The number of aliphatic hydroxyl groups excluding tert-OH is 1. The quantitative estimate of drug-likeness (QED) is 0.360. The summed E-state index contributed by atoms with van der Waals surface area (Å²) in [5.74, 6) is -1.48. The third kappa shape index (κ3) is 8.88. The third-order valence-electron chi connectivity index (χ3n) is 6.92. The Morgan fingerprint density at radius 2 is 1.67 bits per heavy atom. The van der Waals surface area contributed by atoms with Crippen LogP contribution in [0.1, 0.15) is 49.0 Å². The number of nitrogens with one attached hydrogen (secondary N) is 2. The minimum Gasteiger partial charge on any atom is -0.479 e. The van der Waals surface area contributed by atoms with Crippen molar-refractivity contribution < 1.29 is 42.5 Å². The molecular weight excluding hydrogens is 519 g/mol. The number of urea groups is 1. The summed E-state index contributed by atoms with van der Waals surface area (Å²) in [5.41, 5.74) is 1.31. The smallest absolute Gasteiger partial charge is 0.479 e. The van der Waals surface area contributed by atoms with Crippen molar-refractivity contribution in [1.82, 2.24) is 10.2 Å². The van der Waals surface area contributed by atoms with Gasteiger partial charge in [-0.25, -0.2) is 9.59 Å². The van der Waals surface area contributed by atoms with Gasteiger partial charge in [0.15, 0.2) is 6.10 Å². The maximum absolute atomic E-state index is 13.4. The number of carboxylic acid groups (broad SMARTS) is 1. The topological polar surface area (TPSA) is 128 Å². The standard InChI is InChI=1S/C27H32F3N3O6/c1-16-3-10-21(13-17(16)2)33(26(38)32-20-8-11-22(12-9-20)39-27(28,29)30)15-18-4-6-19(7-5-18)24(35)31-14-23(34)25(36)37/h4-9,11-12,16-17,21,23,34H,3,10,13-15H2,1-2H3,(H,31,35)(H,32,38)(H,36,37)/t16?,17?,21?,23-/m1/s1. The van der Waals surface area contributed by atoms with Gasteiger partial charge in [-0.05, 0) is 73.1 Å². The first kappa shape index (κ1) is 29.8. The van der Waals surface area contributed by atoms with Crippen LogP contribution in [0.25, 0.3) is 0 Å². The highest BCUT2D eigenvalue weighted by Crippen LogP contribution is 2.33. The van der Waals surface area contributed by atoms with Crippen LogP contribution >= 0.6 is 0 Å². The lowest BCUT2D eigenvalue weighted by molar-refractivity contribution is -0.274. The summed E-state index contributed by atoms with van der Waals surface area (Å²) >= 11 is 0. The van der Waals surface area contributed by atoms with E-state index in [1.54, 1.807) is 29.2 Å². The van der Waals surface area contributed by atoms with Gasteiger partial charge >= 0.3 is 18.4 Å². The lowest BCUT2D eigenvalue weighted by Gasteiger charge is -2.39. The number of carboxylic acids is 1. The molecule has 0 aliphatic heterocycles. The molecule has 2 aromatic rings. The second-order valence-corrected chi connectivity index (χ2v) is 9.81. The molecule has 1 aliphatic rings. The molecule has 39 heavy (non-hydrogen) atoms. The number of alkyl halides is 3. The molecule has 0 saturated heterocycles. The minimum atomic E-state index is -4.81. The summed E-state index contributed by atoms with van der Waals surface area (Å²) in [5, 5.41) is 23.2. The lowest BCUT2D eigenvalue weighted by Crippen LogP contribution is -2.45. The van der Waals surface area contributed by atoms with Crippen LogP contribution in [0.4, 0.5) is 23.7 Å². The molecule has 1 aliphatic carbocycles. The Balaban J connectivity index is 1.71. The summed E-state index contributed by atoms with van der Waals surface area (Å²) in [7, 11) is 0. The van der Waals surface area contributed by atoms with Gasteiger partial charge in [-0.15, -0.1) is 13.2 Å². The number of aliphatic carboxylic acids is 1. The van der Waals surface area contributed by atoms with Crippen molar-refractivity contribution >= 4 is 23.6 Å². The number of halogens is 3. The Hall–Kier alpha value is -3.80.